The Kier molecular flexibility index (Phi) is 6.57. The first-order valence-corrected chi connectivity index (χ1v) is 8.74. The predicted molar refractivity (Wildman–Crippen MR) is 95.9 cm³/mol. The van der Waals surface area contributed by atoms with E-state index in [1.54, 1.807) is 5.48 Å². The molecule has 1 aliphatic carbocycles. The van der Waals surface area contributed by atoms with E-state index in [1.807, 2.05) is 27.2 Å². The smallest absolute Gasteiger partial charge is 0.243 e. The number of Topliss-reactive ketones (excluding diaryl/α,β-unsaturated/α-hetero) is 1. The molecule has 0 saturated carbocycles. The highest BCUT2D eigenvalue weighted by Gasteiger charge is 2.38. The Balaban J connectivity index is 2.11. The van der Waals surface area contributed by atoms with Crippen molar-refractivity contribution in [2.75, 3.05) is 26.5 Å². The summed E-state index contributed by atoms with van der Waals surface area (Å²) in [5.41, 5.74) is 3.07. The Morgan fingerprint density at radius 1 is 1.20 bits per heavy atom. The lowest BCUT2D eigenvalue weighted by Crippen LogP contribution is -2.58. The van der Waals surface area contributed by atoms with E-state index in [0.717, 1.165) is 49.3 Å². The molecular formula is C17H29N5O3. The number of unbranched alkanes of at least 4 members (excludes halogenated alkanes) is 2. The van der Waals surface area contributed by atoms with E-state index in [0.29, 0.717) is 12.8 Å². The zero-order valence-corrected chi connectivity index (χ0v) is 15.2. The third kappa shape index (κ3) is 4.20. The molecule has 1 aliphatic rings. The van der Waals surface area contributed by atoms with Gasteiger partial charge in [0.2, 0.25) is 5.91 Å². The Hall–Kier alpha value is -1.90. The number of amides is 1. The first-order valence-electron chi connectivity index (χ1n) is 8.74. The third-order valence-corrected chi connectivity index (χ3v) is 5.06. The average molecular weight is 351 g/mol. The Morgan fingerprint density at radius 3 is 2.52 bits per heavy atom. The number of fused-ring (bicyclic) bond motifs is 1. The van der Waals surface area contributed by atoms with Gasteiger partial charge < -0.3 is 20.5 Å². The normalized spacial score (nSPS) is 15.8. The Bertz CT molecular complexity index is 622. The van der Waals surface area contributed by atoms with Crippen LogP contribution in [0, 0.1) is 0 Å². The van der Waals surface area contributed by atoms with Crippen LogP contribution in [0.1, 0.15) is 48.2 Å². The van der Waals surface area contributed by atoms with Gasteiger partial charge >= 0.3 is 0 Å². The van der Waals surface area contributed by atoms with Crippen molar-refractivity contribution in [1.82, 2.24) is 20.7 Å². The van der Waals surface area contributed by atoms with Crippen molar-refractivity contribution in [2.24, 2.45) is 0 Å². The molecule has 1 heterocycles. The highest BCUT2D eigenvalue weighted by molar-refractivity contribution is 6.00. The van der Waals surface area contributed by atoms with E-state index in [1.165, 1.54) is 0 Å². The van der Waals surface area contributed by atoms with Crippen LogP contribution >= 0.6 is 0 Å². The number of carbonyl (C=O) groups is 2. The molecule has 0 fully saturated rings. The maximum atomic E-state index is 12.6. The summed E-state index contributed by atoms with van der Waals surface area (Å²) in [7, 11) is 5.59. The Labute approximate surface area is 148 Å². The minimum atomic E-state index is -0.412. The van der Waals surface area contributed by atoms with Gasteiger partial charge in [-0.15, -0.1) is 0 Å². The summed E-state index contributed by atoms with van der Waals surface area (Å²) in [6, 6.07) is 1.94. The molecule has 0 aliphatic heterocycles. The highest BCUT2D eigenvalue weighted by Crippen LogP contribution is 2.32. The van der Waals surface area contributed by atoms with Crippen molar-refractivity contribution in [3.63, 3.8) is 0 Å². The van der Waals surface area contributed by atoms with Crippen LogP contribution in [0.15, 0.2) is 6.07 Å². The number of nitrogens with zero attached hydrogens (tertiary/aromatic N) is 1. The summed E-state index contributed by atoms with van der Waals surface area (Å²) in [6.45, 7) is 0.781. The van der Waals surface area contributed by atoms with Crippen LogP contribution in [-0.4, -0.2) is 48.3 Å². The molecule has 1 amide bonds. The summed E-state index contributed by atoms with van der Waals surface area (Å²) in [5.74, 6) is 0.724. The minimum Gasteiger partial charge on any atom is -0.375 e. The van der Waals surface area contributed by atoms with Gasteiger partial charge in [0.25, 0.3) is 0 Å². The number of carbonyl (C=O) groups excluding carboxylic acids is 2. The molecule has 140 valence electrons. The van der Waals surface area contributed by atoms with Crippen molar-refractivity contribution in [3.8, 4) is 0 Å². The molecule has 0 unspecified atom stereocenters. The van der Waals surface area contributed by atoms with Crippen molar-refractivity contribution >= 4 is 17.5 Å². The van der Waals surface area contributed by atoms with E-state index < -0.39 is 5.66 Å². The van der Waals surface area contributed by atoms with Crippen molar-refractivity contribution < 1.29 is 14.8 Å². The van der Waals surface area contributed by atoms with Gasteiger partial charge in [-0.2, -0.15) is 0 Å². The monoisotopic (exact) mass is 351 g/mol. The van der Waals surface area contributed by atoms with E-state index in [9.17, 15) is 9.59 Å². The van der Waals surface area contributed by atoms with E-state index in [4.69, 9.17) is 5.21 Å². The molecule has 0 atom stereocenters. The summed E-state index contributed by atoms with van der Waals surface area (Å²) >= 11 is 0. The molecule has 1 aromatic rings. The van der Waals surface area contributed by atoms with Crippen LogP contribution in [-0.2, 0) is 17.8 Å². The van der Waals surface area contributed by atoms with Gasteiger partial charge in [0.05, 0.1) is 5.66 Å². The van der Waals surface area contributed by atoms with Crippen LogP contribution in [0.4, 0.5) is 5.82 Å². The second-order valence-electron chi connectivity index (χ2n) is 6.50. The molecule has 0 bridgehead atoms. The average Bonchev–Trinajstić information content (AvgIpc) is 2.99. The summed E-state index contributed by atoms with van der Waals surface area (Å²) < 4.78 is 2.17. The number of likely N-dealkylation sites (N-methyl/N-ethyl adjacent to an activating group) is 2. The fourth-order valence-corrected chi connectivity index (χ4v) is 3.47. The molecule has 1 aromatic heterocycles. The summed E-state index contributed by atoms with van der Waals surface area (Å²) in [5, 5.41) is 18.2. The van der Waals surface area contributed by atoms with Crippen LogP contribution in [0.5, 0.6) is 0 Å². The maximum absolute atomic E-state index is 12.6. The van der Waals surface area contributed by atoms with Gasteiger partial charge in [0, 0.05) is 44.1 Å². The second kappa shape index (κ2) is 8.46. The van der Waals surface area contributed by atoms with E-state index in [2.05, 4.69) is 20.5 Å². The molecule has 2 rings (SSSR count). The lowest BCUT2D eigenvalue weighted by molar-refractivity contribution is -0.129. The van der Waals surface area contributed by atoms with Crippen LogP contribution in [0.2, 0.25) is 0 Å². The lowest BCUT2D eigenvalue weighted by Gasteiger charge is -2.36. The van der Waals surface area contributed by atoms with Crippen LogP contribution in [0.3, 0.4) is 0 Å². The van der Waals surface area contributed by atoms with E-state index >= 15 is 0 Å². The number of rotatable bonds is 9. The fraction of sp³-hybridized carbons (Fsp3) is 0.647. The Morgan fingerprint density at radius 2 is 1.92 bits per heavy atom. The van der Waals surface area contributed by atoms with Crippen LogP contribution < -0.4 is 21.4 Å². The number of hydroxylamine groups is 1. The first kappa shape index (κ1) is 19.4. The molecule has 0 saturated heterocycles. The summed E-state index contributed by atoms with van der Waals surface area (Å²) in [4.78, 5) is 23.6. The van der Waals surface area contributed by atoms with Crippen molar-refractivity contribution in [1.29, 1.82) is 0 Å². The zero-order valence-electron chi connectivity index (χ0n) is 15.2. The number of hydrogen-bond donors (Lipinski definition) is 5. The largest absolute Gasteiger partial charge is 0.375 e. The zero-order chi connectivity index (χ0) is 18.4. The van der Waals surface area contributed by atoms with Crippen molar-refractivity contribution in [3.05, 3.63) is 17.3 Å². The molecule has 8 nitrogen and oxygen atoms in total. The first-order chi connectivity index (χ1) is 12.0. The number of ketones is 1. The molecule has 0 spiro atoms. The van der Waals surface area contributed by atoms with Gasteiger partial charge in [-0.25, -0.2) is 5.48 Å². The van der Waals surface area contributed by atoms with Gasteiger partial charge in [-0.3, -0.25) is 14.8 Å². The molecule has 8 heteroatoms. The number of anilines is 1. The number of hydrogen-bond acceptors (Lipinski definition) is 6. The van der Waals surface area contributed by atoms with Gasteiger partial charge in [-0.1, -0.05) is 6.42 Å². The van der Waals surface area contributed by atoms with E-state index in [-0.39, 0.29) is 11.7 Å². The fourth-order valence-electron chi connectivity index (χ4n) is 3.47. The topological polar surface area (TPSA) is 107 Å². The molecule has 0 aromatic carbocycles. The maximum Gasteiger partial charge on any atom is 0.243 e. The van der Waals surface area contributed by atoms with Crippen molar-refractivity contribution in [2.45, 2.75) is 50.7 Å². The molecule has 0 radical (unpaired) electrons. The second-order valence-corrected chi connectivity index (χ2v) is 6.50. The number of aromatic nitrogens is 1. The molecule has 5 N–H and O–H groups in total. The highest BCUT2D eigenvalue weighted by atomic mass is 16.5. The summed E-state index contributed by atoms with van der Waals surface area (Å²) in [6.07, 6.45) is 3.97. The lowest BCUT2D eigenvalue weighted by atomic mass is 9.86. The van der Waals surface area contributed by atoms with Gasteiger partial charge in [0.1, 0.15) is 5.82 Å². The standard InChI is InChI=1S/C17H29N5O3/c1-18-15-9-12-13(10-17(19-2,20-3)11-14(12)23)22(15)8-6-4-5-7-16(24)21-25/h9,18-20,25H,4-8,10-11H2,1-3H3,(H,21,24). The molecular weight excluding hydrogens is 322 g/mol. The number of nitrogens with one attached hydrogen (secondary N) is 4. The predicted octanol–water partition coefficient (Wildman–Crippen LogP) is 0.860. The van der Waals surface area contributed by atoms with Gasteiger partial charge in [-0.05, 0) is 33.0 Å². The quantitative estimate of drug-likeness (QED) is 0.195. The van der Waals surface area contributed by atoms with Gasteiger partial charge in [0.15, 0.2) is 5.78 Å². The third-order valence-electron chi connectivity index (χ3n) is 5.06. The SMILES string of the molecule is CNc1cc2c(n1CCCCCC(=O)NO)CC(NC)(NC)CC2=O. The minimum absolute atomic E-state index is 0.139. The molecule has 25 heavy (non-hydrogen) atoms. The van der Waals surface area contributed by atoms with Crippen LogP contribution in [0.25, 0.3) is 0 Å².